The summed E-state index contributed by atoms with van der Waals surface area (Å²) >= 11 is 0. The van der Waals surface area contributed by atoms with Crippen LogP contribution in [0.5, 0.6) is 0 Å². The number of carbonyl (C=O) groups is 1. The average Bonchev–Trinajstić information content (AvgIpc) is 3.03. The molecule has 0 bridgehead atoms. The molecule has 2 aromatic heterocycles. The zero-order valence-corrected chi connectivity index (χ0v) is 13.6. The summed E-state index contributed by atoms with van der Waals surface area (Å²) in [6.45, 7) is 0.913. The third-order valence-corrected chi connectivity index (χ3v) is 3.41. The first-order chi connectivity index (χ1) is 9.83. The predicted molar refractivity (Wildman–Crippen MR) is 90.1 cm³/mol. The molecule has 120 valence electrons. The number of pyridine rings is 1. The van der Waals surface area contributed by atoms with Gasteiger partial charge in [-0.05, 0) is 31.5 Å². The molecule has 1 aliphatic heterocycles. The van der Waals surface area contributed by atoms with Crippen LogP contribution in [0.3, 0.4) is 0 Å². The molecular formula is C14H19Cl2N5O. The highest BCUT2D eigenvalue weighted by molar-refractivity contribution is 5.94. The Hall–Kier alpha value is -1.63. The summed E-state index contributed by atoms with van der Waals surface area (Å²) in [6.07, 6.45) is 10.0. The molecule has 0 spiro atoms. The highest BCUT2D eigenvalue weighted by atomic mass is 35.5. The van der Waals surface area contributed by atoms with E-state index in [9.17, 15) is 4.79 Å². The van der Waals surface area contributed by atoms with E-state index >= 15 is 0 Å². The number of nitrogens with one attached hydrogen (secondary N) is 2. The van der Waals surface area contributed by atoms with Crippen molar-refractivity contribution >= 4 is 36.4 Å². The summed E-state index contributed by atoms with van der Waals surface area (Å²) in [6, 6.07) is 3.62. The Balaban J connectivity index is 0.00000121. The van der Waals surface area contributed by atoms with E-state index in [1.807, 2.05) is 22.9 Å². The second-order valence-electron chi connectivity index (χ2n) is 4.87. The number of carbonyl (C=O) groups excluding carboxylic acids is 1. The van der Waals surface area contributed by atoms with Gasteiger partial charge in [0.05, 0.1) is 17.9 Å². The molecule has 2 N–H and O–H groups in total. The lowest BCUT2D eigenvalue weighted by molar-refractivity contribution is -0.118. The second kappa shape index (κ2) is 8.73. The van der Waals surface area contributed by atoms with E-state index in [0.29, 0.717) is 5.69 Å². The minimum atomic E-state index is -0.0860. The molecule has 22 heavy (non-hydrogen) atoms. The van der Waals surface area contributed by atoms with Crippen LogP contribution in [0.1, 0.15) is 19.3 Å². The molecule has 3 heterocycles. The van der Waals surface area contributed by atoms with Crippen LogP contribution >= 0.6 is 24.8 Å². The van der Waals surface area contributed by atoms with Crippen molar-refractivity contribution in [3.63, 3.8) is 0 Å². The van der Waals surface area contributed by atoms with Crippen molar-refractivity contribution in [2.24, 2.45) is 0 Å². The van der Waals surface area contributed by atoms with Gasteiger partial charge in [-0.1, -0.05) is 6.42 Å². The fourth-order valence-electron chi connectivity index (χ4n) is 2.31. The predicted octanol–water partition coefficient (Wildman–Crippen LogP) is 2.19. The number of aromatic nitrogens is 3. The number of hydrogen-bond acceptors (Lipinski definition) is 4. The first-order valence-corrected chi connectivity index (χ1v) is 6.81. The van der Waals surface area contributed by atoms with Crippen molar-refractivity contribution in [1.82, 2.24) is 19.9 Å². The van der Waals surface area contributed by atoms with Crippen LogP contribution in [-0.4, -0.2) is 33.0 Å². The van der Waals surface area contributed by atoms with Gasteiger partial charge in [-0.2, -0.15) is 0 Å². The number of hydrogen-bond donors (Lipinski definition) is 2. The SMILES string of the molecule is Cl.Cl.O=C(Nc1ccc(-n2ccnc2)nc1)[C@@H]1CCCCN1. The maximum Gasteiger partial charge on any atom is 0.241 e. The monoisotopic (exact) mass is 343 g/mol. The molecular weight excluding hydrogens is 325 g/mol. The summed E-state index contributed by atoms with van der Waals surface area (Å²) in [5.74, 6) is 0.790. The summed E-state index contributed by atoms with van der Waals surface area (Å²) in [5, 5.41) is 6.12. The third kappa shape index (κ3) is 4.43. The summed E-state index contributed by atoms with van der Waals surface area (Å²) in [7, 11) is 0. The molecule has 6 nitrogen and oxygen atoms in total. The molecule has 0 aromatic carbocycles. The highest BCUT2D eigenvalue weighted by Crippen LogP contribution is 2.12. The minimum absolute atomic E-state index is 0. The Morgan fingerprint density at radius 1 is 1.32 bits per heavy atom. The quantitative estimate of drug-likeness (QED) is 0.895. The molecule has 1 aliphatic rings. The van der Waals surface area contributed by atoms with Crippen molar-refractivity contribution in [1.29, 1.82) is 0 Å². The van der Waals surface area contributed by atoms with E-state index in [2.05, 4.69) is 20.6 Å². The Bertz CT molecular complexity index is 567. The fourth-order valence-corrected chi connectivity index (χ4v) is 2.31. The molecule has 0 unspecified atom stereocenters. The number of amides is 1. The third-order valence-electron chi connectivity index (χ3n) is 3.41. The number of nitrogens with zero attached hydrogens (tertiary/aromatic N) is 3. The molecule has 8 heteroatoms. The lowest BCUT2D eigenvalue weighted by Crippen LogP contribution is -2.43. The Kier molecular flexibility index (Phi) is 7.31. The summed E-state index contributed by atoms with van der Waals surface area (Å²) < 4.78 is 1.81. The van der Waals surface area contributed by atoms with Crippen LogP contribution in [0.2, 0.25) is 0 Å². The number of imidazole rings is 1. The van der Waals surface area contributed by atoms with Gasteiger partial charge in [-0.3, -0.25) is 9.36 Å². The van der Waals surface area contributed by atoms with Crippen molar-refractivity contribution in [3.8, 4) is 5.82 Å². The molecule has 1 atom stereocenters. The van der Waals surface area contributed by atoms with Gasteiger partial charge in [0.1, 0.15) is 12.1 Å². The van der Waals surface area contributed by atoms with Gasteiger partial charge in [-0.15, -0.1) is 24.8 Å². The van der Waals surface area contributed by atoms with Crippen molar-refractivity contribution in [2.45, 2.75) is 25.3 Å². The number of anilines is 1. The van der Waals surface area contributed by atoms with E-state index in [4.69, 9.17) is 0 Å². The molecule has 2 aromatic rings. The minimum Gasteiger partial charge on any atom is -0.323 e. The molecule has 3 rings (SSSR count). The lowest BCUT2D eigenvalue weighted by Gasteiger charge is -2.22. The summed E-state index contributed by atoms with van der Waals surface area (Å²) in [5.41, 5.74) is 0.714. The molecule has 0 aliphatic carbocycles. The van der Waals surface area contributed by atoms with Crippen LogP contribution in [0, 0.1) is 0 Å². The largest absolute Gasteiger partial charge is 0.323 e. The van der Waals surface area contributed by atoms with Crippen LogP contribution < -0.4 is 10.6 Å². The van der Waals surface area contributed by atoms with Crippen molar-refractivity contribution in [2.75, 3.05) is 11.9 Å². The lowest BCUT2D eigenvalue weighted by atomic mass is 10.0. The van der Waals surface area contributed by atoms with E-state index in [-0.39, 0.29) is 36.8 Å². The van der Waals surface area contributed by atoms with Crippen LogP contribution in [0.15, 0.2) is 37.1 Å². The molecule has 0 radical (unpaired) electrons. The first kappa shape index (κ1) is 18.4. The van der Waals surface area contributed by atoms with Gasteiger partial charge < -0.3 is 10.6 Å². The van der Waals surface area contributed by atoms with Crippen LogP contribution in [0.25, 0.3) is 5.82 Å². The normalized spacial score (nSPS) is 17.0. The molecule has 1 amide bonds. The Labute approximate surface area is 141 Å². The van der Waals surface area contributed by atoms with Gasteiger partial charge in [-0.25, -0.2) is 9.97 Å². The van der Waals surface area contributed by atoms with Crippen molar-refractivity contribution < 1.29 is 4.79 Å². The van der Waals surface area contributed by atoms with Crippen LogP contribution in [-0.2, 0) is 4.79 Å². The maximum absolute atomic E-state index is 12.1. The standard InChI is InChI=1S/C14H17N5O.2ClH/c20-14(12-3-1-2-6-16-12)18-11-4-5-13(17-9-11)19-8-7-15-10-19;;/h4-5,7-10,12,16H,1-3,6H2,(H,18,20);2*1H/t12-;;/m0../s1. The van der Waals surface area contributed by atoms with Gasteiger partial charge in [0.15, 0.2) is 0 Å². The van der Waals surface area contributed by atoms with E-state index in [1.54, 1.807) is 18.7 Å². The zero-order valence-electron chi connectivity index (χ0n) is 11.9. The van der Waals surface area contributed by atoms with Crippen LogP contribution in [0.4, 0.5) is 5.69 Å². The van der Waals surface area contributed by atoms with Gasteiger partial charge in [0, 0.05) is 12.4 Å². The molecule has 0 saturated carbocycles. The maximum atomic E-state index is 12.1. The van der Waals surface area contributed by atoms with Crippen molar-refractivity contribution in [3.05, 3.63) is 37.1 Å². The topological polar surface area (TPSA) is 71.8 Å². The number of rotatable bonds is 3. The Morgan fingerprint density at radius 3 is 2.77 bits per heavy atom. The first-order valence-electron chi connectivity index (χ1n) is 6.81. The Morgan fingerprint density at radius 2 is 2.18 bits per heavy atom. The number of halogens is 2. The molecule has 1 fully saturated rings. The second-order valence-corrected chi connectivity index (χ2v) is 4.87. The van der Waals surface area contributed by atoms with Gasteiger partial charge in [0.25, 0.3) is 0 Å². The smallest absolute Gasteiger partial charge is 0.241 e. The average molecular weight is 344 g/mol. The van der Waals surface area contributed by atoms with Gasteiger partial charge in [0.2, 0.25) is 5.91 Å². The van der Waals surface area contributed by atoms with E-state index in [0.717, 1.165) is 31.6 Å². The summed E-state index contributed by atoms with van der Waals surface area (Å²) in [4.78, 5) is 20.3. The molecule has 1 saturated heterocycles. The van der Waals surface area contributed by atoms with E-state index < -0.39 is 0 Å². The van der Waals surface area contributed by atoms with Gasteiger partial charge >= 0.3 is 0 Å². The fraction of sp³-hybridized carbons (Fsp3) is 0.357. The highest BCUT2D eigenvalue weighted by Gasteiger charge is 2.20. The zero-order chi connectivity index (χ0) is 13.8. The number of piperidine rings is 1. The van der Waals surface area contributed by atoms with E-state index in [1.165, 1.54) is 0 Å².